The Labute approximate surface area is 205 Å². The average Bonchev–Trinajstić information content (AvgIpc) is 3.66. The van der Waals surface area contributed by atoms with Gasteiger partial charge in [0.1, 0.15) is 0 Å². The van der Waals surface area contributed by atoms with Crippen LogP contribution in [-0.4, -0.2) is 38.4 Å². The predicted molar refractivity (Wildman–Crippen MR) is 141 cm³/mol. The molecule has 6 N–H and O–H groups in total. The van der Waals surface area contributed by atoms with Gasteiger partial charge >= 0.3 is 0 Å². The van der Waals surface area contributed by atoms with E-state index in [0.717, 1.165) is 44.5 Å². The molecule has 6 rings (SSSR count). The number of H-pyrrole nitrogens is 2. The van der Waals surface area contributed by atoms with Crippen molar-refractivity contribution in [3.05, 3.63) is 84.2 Å². The van der Waals surface area contributed by atoms with Crippen molar-refractivity contribution >= 4 is 50.6 Å². The molecule has 3 aromatic heterocycles. The van der Waals surface area contributed by atoms with E-state index in [4.69, 9.17) is 5.73 Å². The number of nitrogens with two attached hydrogens (primary N) is 1. The molecule has 0 spiro atoms. The maximum atomic E-state index is 12.5. The highest BCUT2D eigenvalue weighted by Crippen LogP contribution is 2.38. The first-order valence-electron chi connectivity index (χ1n) is 11.3. The number of amides is 1. The van der Waals surface area contributed by atoms with Gasteiger partial charge in [0, 0.05) is 47.1 Å². The van der Waals surface area contributed by atoms with Crippen LogP contribution < -0.4 is 16.4 Å². The Kier molecular flexibility index (Phi) is 5.40. The zero-order valence-corrected chi connectivity index (χ0v) is 19.5. The summed E-state index contributed by atoms with van der Waals surface area (Å²) in [5.74, 6) is -0.123. The number of nitrogens with zero attached hydrogens (tertiary/aromatic N) is 2. The molecule has 0 saturated carbocycles. The number of rotatable bonds is 7. The Morgan fingerprint density at radius 1 is 1.14 bits per heavy atom. The van der Waals surface area contributed by atoms with Crippen molar-refractivity contribution in [3.63, 3.8) is 0 Å². The topological polar surface area (TPSA) is 125 Å². The molecule has 1 amide bonds. The van der Waals surface area contributed by atoms with Gasteiger partial charge in [0.25, 0.3) is 5.91 Å². The van der Waals surface area contributed by atoms with Crippen molar-refractivity contribution in [3.8, 4) is 10.4 Å². The fourth-order valence-electron chi connectivity index (χ4n) is 4.35. The molecule has 0 radical (unpaired) electrons. The molecular weight excluding hydrogens is 458 g/mol. The third-order valence-electron chi connectivity index (χ3n) is 6.08. The van der Waals surface area contributed by atoms with E-state index < -0.39 is 0 Å². The highest BCUT2D eigenvalue weighted by Gasteiger charge is 2.25. The van der Waals surface area contributed by atoms with Crippen molar-refractivity contribution < 1.29 is 4.79 Å². The molecule has 8 nitrogen and oxygen atoms in total. The predicted octanol–water partition coefficient (Wildman–Crippen LogP) is 4.49. The number of aromatic nitrogens is 4. The number of fused-ring (bicyclic) bond motifs is 2. The molecule has 0 bridgehead atoms. The standard InChI is InChI=1S/C26H23N7OS/c27-17(7-16-10-29-22-4-2-1-3-19(16)22)11-30-26-31-13-24(35-26)15-5-6-20-21(9-18-12-28-14-32-18)25(34)33-23(20)8-15/h1-6,8-10,12-14,17,29H,7,11,27H2,(H,28,32)(H,30,31)(H,33,34)/b21-9+/t17-/m1/s1. The van der Waals surface area contributed by atoms with Crippen molar-refractivity contribution in [1.82, 2.24) is 19.9 Å². The van der Waals surface area contributed by atoms with Gasteiger partial charge in [0.05, 0.1) is 28.7 Å². The summed E-state index contributed by atoms with van der Waals surface area (Å²) >= 11 is 1.56. The molecule has 1 aliphatic heterocycles. The lowest BCUT2D eigenvalue weighted by molar-refractivity contribution is -0.110. The average molecular weight is 482 g/mol. The quantitative estimate of drug-likeness (QED) is 0.219. The molecule has 0 unspecified atom stereocenters. The number of anilines is 2. The van der Waals surface area contributed by atoms with E-state index in [-0.39, 0.29) is 11.9 Å². The summed E-state index contributed by atoms with van der Waals surface area (Å²) in [6, 6.07) is 14.2. The normalized spacial score (nSPS) is 14.9. The van der Waals surface area contributed by atoms with Crippen LogP contribution in [0.25, 0.3) is 33.0 Å². The Morgan fingerprint density at radius 3 is 2.94 bits per heavy atom. The molecule has 5 aromatic rings. The van der Waals surface area contributed by atoms with Gasteiger partial charge in [-0.05, 0) is 35.8 Å². The lowest BCUT2D eigenvalue weighted by Crippen LogP contribution is -2.31. The molecular formula is C26H23N7OS. The van der Waals surface area contributed by atoms with Crippen molar-refractivity contribution in [2.45, 2.75) is 12.5 Å². The Hall–Kier alpha value is -4.21. The number of carbonyl (C=O) groups excluding carboxylic acids is 1. The van der Waals surface area contributed by atoms with E-state index >= 15 is 0 Å². The molecule has 2 aromatic carbocycles. The minimum atomic E-state index is -0.123. The maximum absolute atomic E-state index is 12.5. The largest absolute Gasteiger partial charge is 0.361 e. The number of thiazole rings is 1. The third kappa shape index (κ3) is 4.23. The van der Waals surface area contributed by atoms with Crippen LogP contribution in [0.4, 0.5) is 10.8 Å². The number of nitrogens with one attached hydrogen (secondary N) is 4. The van der Waals surface area contributed by atoms with Gasteiger partial charge in [-0.1, -0.05) is 41.7 Å². The van der Waals surface area contributed by atoms with Gasteiger partial charge < -0.3 is 26.3 Å². The summed E-state index contributed by atoms with van der Waals surface area (Å²) in [7, 11) is 0. The second-order valence-corrected chi connectivity index (χ2v) is 9.54. The SMILES string of the molecule is N[C@@H](CNc1ncc(-c2ccc3c(c2)NC(=O)/C3=C/c2cnc[nH]2)s1)Cc1c[nH]c2ccccc12. The highest BCUT2D eigenvalue weighted by atomic mass is 32.1. The summed E-state index contributed by atoms with van der Waals surface area (Å²) in [6.07, 6.45) is 9.74. The van der Waals surface area contributed by atoms with Gasteiger partial charge in [-0.3, -0.25) is 4.79 Å². The summed E-state index contributed by atoms with van der Waals surface area (Å²) in [4.78, 5) is 28.3. The van der Waals surface area contributed by atoms with Crippen LogP contribution in [0.5, 0.6) is 0 Å². The fourth-order valence-corrected chi connectivity index (χ4v) is 5.17. The van der Waals surface area contributed by atoms with Crippen LogP contribution in [0.1, 0.15) is 16.8 Å². The van der Waals surface area contributed by atoms with Crippen LogP contribution in [0, 0.1) is 0 Å². The molecule has 0 aliphatic carbocycles. The number of hydrogen-bond acceptors (Lipinski definition) is 6. The van der Waals surface area contributed by atoms with E-state index in [0.29, 0.717) is 12.1 Å². The summed E-state index contributed by atoms with van der Waals surface area (Å²) in [5, 5.41) is 8.36. The van der Waals surface area contributed by atoms with Crippen molar-refractivity contribution in [2.75, 3.05) is 17.2 Å². The van der Waals surface area contributed by atoms with Crippen molar-refractivity contribution in [1.29, 1.82) is 0 Å². The van der Waals surface area contributed by atoms with Gasteiger partial charge in [-0.25, -0.2) is 9.97 Å². The maximum Gasteiger partial charge on any atom is 0.256 e. The first kappa shape index (κ1) is 21.3. The second-order valence-electron chi connectivity index (χ2n) is 8.51. The van der Waals surface area contributed by atoms with E-state index in [2.05, 4.69) is 42.7 Å². The van der Waals surface area contributed by atoms with Crippen LogP contribution >= 0.6 is 11.3 Å². The number of para-hydroxylation sites is 1. The summed E-state index contributed by atoms with van der Waals surface area (Å²) < 4.78 is 0. The Morgan fingerprint density at radius 2 is 2.06 bits per heavy atom. The van der Waals surface area contributed by atoms with E-state index in [1.54, 1.807) is 23.9 Å². The first-order valence-corrected chi connectivity index (χ1v) is 12.1. The van der Waals surface area contributed by atoms with E-state index in [9.17, 15) is 4.79 Å². The van der Waals surface area contributed by atoms with Gasteiger partial charge in [0.2, 0.25) is 0 Å². The van der Waals surface area contributed by atoms with Crippen LogP contribution in [0.2, 0.25) is 0 Å². The Bertz CT molecular complexity index is 1550. The molecule has 9 heteroatoms. The van der Waals surface area contributed by atoms with E-state index in [1.165, 1.54) is 10.9 Å². The third-order valence-corrected chi connectivity index (χ3v) is 7.09. The lowest BCUT2D eigenvalue weighted by Gasteiger charge is -2.11. The lowest BCUT2D eigenvalue weighted by atomic mass is 10.0. The van der Waals surface area contributed by atoms with Gasteiger partial charge in [-0.2, -0.15) is 0 Å². The number of imidazole rings is 1. The molecule has 1 aliphatic rings. The zero-order valence-electron chi connectivity index (χ0n) is 18.7. The molecule has 1 atom stereocenters. The highest BCUT2D eigenvalue weighted by molar-refractivity contribution is 7.18. The van der Waals surface area contributed by atoms with Crippen LogP contribution in [0.15, 0.2) is 67.4 Å². The minimum absolute atomic E-state index is 0.0446. The van der Waals surface area contributed by atoms with Crippen molar-refractivity contribution in [2.24, 2.45) is 5.73 Å². The minimum Gasteiger partial charge on any atom is -0.361 e. The molecule has 0 fully saturated rings. The second kappa shape index (κ2) is 8.86. The molecule has 174 valence electrons. The first-order chi connectivity index (χ1) is 17.1. The Balaban J connectivity index is 1.13. The zero-order chi connectivity index (χ0) is 23.8. The number of hydrogen-bond donors (Lipinski definition) is 5. The monoisotopic (exact) mass is 481 g/mol. The number of aromatic amines is 2. The van der Waals surface area contributed by atoms with Gasteiger partial charge in [-0.15, -0.1) is 0 Å². The van der Waals surface area contributed by atoms with Crippen LogP contribution in [-0.2, 0) is 11.2 Å². The summed E-state index contributed by atoms with van der Waals surface area (Å²) in [5.41, 5.74) is 12.8. The van der Waals surface area contributed by atoms with Crippen LogP contribution in [0.3, 0.4) is 0 Å². The van der Waals surface area contributed by atoms with E-state index in [1.807, 2.05) is 48.8 Å². The fraction of sp³-hybridized carbons (Fsp3) is 0.115. The smallest absolute Gasteiger partial charge is 0.256 e. The summed E-state index contributed by atoms with van der Waals surface area (Å²) in [6.45, 7) is 0.620. The molecule has 35 heavy (non-hydrogen) atoms. The van der Waals surface area contributed by atoms with Gasteiger partial charge in [0.15, 0.2) is 5.13 Å². The number of carbonyl (C=O) groups is 1. The molecule has 0 saturated heterocycles. The molecule has 4 heterocycles. The number of benzene rings is 2.